The van der Waals surface area contributed by atoms with Crippen LogP contribution in [0, 0.1) is 22.7 Å². The molecule has 0 atom stereocenters. The molecule has 0 aliphatic heterocycles. The molecular weight excluding hydrogens is 312 g/mol. The molecule has 0 aromatic heterocycles. The van der Waals surface area contributed by atoms with Gasteiger partial charge in [-0.15, -0.1) is 0 Å². The van der Waals surface area contributed by atoms with Crippen molar-refractivity contribution in [1.82, 2.24) is 0 Å². The number of benzene rings is 2. The second kappa shape index (κ2) is 7.89. The molecule has 0 radical (unpaired) electrons. The predicted octanol–water partition coefficient (Wildman–Crippen LogP) is 4.36. The van der Waals surface area contributed by atoms with Gasteiger partial charge >= 0.3 is 0 Å². The van der Waals surface area contributed by atoms with Crippen molar-refractivity contribution in [3.05, 3.63) is 64.2 Å². The fraction of sp³-hybridized carbons (Fsp3) is 0.111. The Hall–Kier alpha value is -2.95. The number of rotatable bonds is 5. The number of hydrogen-bond donors (Lipinski definition) is 0. The Morgan fingerprint density at radius 1 is 1.13 bits per heavy atom. The molecule has 2 rings (SSSR count). The number of methoxy groups -OCH3 is 1. The molecular formula is C18H13ClN2O2. The molecule has 0 saturated heterocycles. The van der Waals surface area contributed by atoms with E-state index in [1.165, 1.54) is 6.08 Å². The van der Waals surface area contributed by atoms with Crippen LogP contribution in [0.2, 0.25) is 5.02 Å². The van der Waals surface area contributed by atoms with Crippen molar-refractivity contribution in [1.29, 1.82) is 10.5 Å². The van der Waals surface area contributed by atoms with Crippen LogP contribution in [0.4, 0.5) is 0 Å². The quantitative estimate of drug-likeness (QED) is 0.766. The molecule has 114 valence electrons. The third-order valence-corrected chi connectivity index (χ3v) is 3.26. The van der Waals surface area contributed by atoms with E-state index in [4.69, 9.17) is 31.6 Å². The Balaban J connectivity index is 2.24. The normalized spacial score (nSPS) is 9.39. The largest absolute Gasteiger partial charge is 0.493 e. The van der Waals surface area contributed by atoms with Crippen LogP contribution in [0.15, 0.2) is 48.0 Å². The van der Waals surface area contributed by atoms with Gasteiger partial charge < -0.3 is 9.47 Å². The highest BCUT2D eigenvalue weighted by Crippen LogP contribution is 2.29. The van der Waals surface area contributed by atoms with Crippen LogP contribution < -0.4 is 9.47 Å². The van der Waals surface area contributed by atoms with E-state index in [0.29, 0.717) is 28.7 Å². The van der Waals surface area contributed by atoms with Crippen LogP contribution in [-0.4, -0.2) is 7.11 Å². The summed E-state index contributed by atoms with van der Waals surface area (Å²) in [6, 6.07) is 16.2. The minimum absolute atomic E-state index is 0.0240. The molecule has 0 heterocycles. The van der Waals surface area contributed by atoms with Crippen LogP contribution in [0.25, 0.3) is 6.08 Å². The Morgan fingerprint density at radius 2 is 1.91 bits per heavy atom. The van der Waals surface area contributed by atoms with E-state index >= 15 is 0 Å². The molecule has 2 aromatic rings. The fourth-order valence-corrected chi connectivity index (χ4v) is 2.15. The average molecular weight is 325 g/mol. The van der Waals surface area contributed by atoms with E-state index in [9.17, 15) is 0 Å². The SMILES string of the molecule is COc1ccc(C=C(C#N)C#N)cc1OCc1cccc(Cl)c1. The maximum atomic E-state index is 8.83. The van der Waals surface area contributed by atoms with Crippen LogP contribution in [0.3, 0.4) is 0 Å². The van der Waals surface area contributed by atoms with Gasteiger partial charge in [-0.05, 0) is 41.5 Å². The minimum atomic E-state index is 0.0240. The summed E-state index contributed by atoms with van der Waals surface area (Å²) in [6.07, 6.45) is 1.49. The molecule has 0 amide bonds. The second-order valence-electron chi connectivity index (χ2n) is 4.61. The number of hydrogen-bond acceptors (Lipinski definition) is 4. The molecule has 0 saturated carbocycles. The first kappa shape index (κ1) is 16.4. The molecule has 0 N–H and O–H groups in total. The Bertz CT molecular complexity index is 801. The summed E-state index contributed by atoms with van der Waals surface area (Å²) in [7, 11) is 1.55. The van der Waals surface area contributed by atoms with Crippen molar-refractivity contribution in [2.75, 3.05) is 7.11 Å². The van der Waals surface area contributed by atoms with Crippen LogP contribution in [0.1, 0.15) is 11.1 Å². The first-order valence-corrected chi connectivity index (χ1v) is 7.11. The van der Waals surface area contributed by atoms with Crippen molar-refractivity contribution >= 4 is 17.7 Å². The summed E-state index contributed by atoms with van der Waals surface area (Å²) in [4.78, 5) is 0. The summed E-state index contributed by atoms with van der Waals surface area (Å²) in [5.41, 5.74) is 1.64. The number of nitrogens with zero attached hydrogens (tertiary/aromatic N) is 2. The predicted molar refractivity (Wildman–Crippen MR) is 88.0 cm³/mol. The zero-order valence-electron chi connectivity index (χ0n) is 12.4. The van der Waals surface area contributed by atoms with Gasteiger partial charge in [-0.1, -0.05) is 29.8 Å². The molecule has 0 bridgehead atoms. The Morgan fingerprint density at radius 3 is 2.57 bits per heavy atom. The number of halogens is 1. The lowest BCUT2D eigenvalue weighted by Crippen LogP contribution is -1.98. The minimum Gasteiger partial charge on any atom is -0.493 e. The van der Waals surface area contributed by atoms with Gasteiger partial charge in [0.15, 0.2) is 11.5 Å². The van der Waals surface area contributed by atoms with E-state index in [1.54, 1.807) is 31.4 Å². The lowest BCUT2D eigenvalue weighted by Gasteiger charge is -2.11. The van der Waals surface area contributed by atoms with E-state index in [-0.39, 0.29) is 5.57 Å². The third-order valence-electron chi connectivity index (χ3n) is 3.02. The van der Waals surface area contributed by atoms with Crippen molar-refractivity contribution in [3.8, 4) is 23.6 Å². The van der Waals surface area contributed by atoms with Gasteiger partial charge in [-0.3, -0.25) is 0 Å². The molecule has 0 spiro atoms. The summed E-state index contributed by atoms with van der Waals surface area (Å²) >= 11 is 5.95. The fourth-order valence-electron chi connectivity index (χ4n) is 1.94. The van der Waals surface area contributed by atoms with Gasteiger partial charge in [0.25, 0.3) is 0 Å². The Labute approximate surface area is 139 Å². The van der Waals surface area contributed by atoms with Gasteiger partial charge in [-0.2, -0.15) is 10.5 Å². The Kier molecular flexibility index (Phi) is 5.63. The molecule has 4 nitrogen and oxygen atoms in total. The molecule has 2 aromatic carbocycles. The second-order valence-corrected chi connectivity index (χ2v) is 5.05. The summed E-state index contributed by atoms with van der Waals surface area (Å²) in [5.74, 6) is 1.09. The first-order chi connectivity index (χ1) is 11.2. The monoisotopic (exact) mass is 324 g/mol. The summed E-state index contributed by atoms with van der Waals surface area (Å²) in [6.45, 7) is 0.327. The van der Waals surface area contributed by atoms with E-state index in [0.717, 1.165) is 5.56 Å². The molecule has 0 fully saturated rings. The van der Waals surface area contributed by atoms with Gasteiger partial charge in [-0.25, -0.2) is 0 Å². The molecule has 0 aliphatic carbocycles. The molecule has 0 aliphatic rings. The standard InChI is InChI=1S/C18H13ClN2O2/c1-22-17-6-5-13(7-15(10-20)11-21)9-18(17)23-12-14-3-2-4-16(19)8-14/h2-9H,12H2,1H3. The van der Waals surface area contributed by atoms with E-state index in [2.05, 4.69) is 0 Å². The first-order valence-electron chi connectivity index (χ1n) is 6.73. The van der Waals surface area contributed by atoms with Crippen molar-refractivity contribution in [2.45, 2.75) is 6.61 Å². The average Bonchev–Trinajstić information content (AvgIpc) is 2.58. The third kappa shape index (κ3) is 4.51. The zero-order chi connectivity index (χ0) is 16.7. The summed E-state index contributed by atoms with van der Waals surface area (Å²) < 4.78 is 11.0. The molecule has 5 heteroatoms. The lowest BCUT2D eigenvalue weighted by atomic mass is 10.1. The highest BCUT2D eigenvalue weighted by Gasteiger charge is 2.06. The van der Waals surface area contributed by atoms with Gasteiger partial charge in [0.05, 0.1) is 7.11 Å². The lowest BCUT2D eigenvalue weighted by molar-refractivity contribution is 0.284. The van der Waals surface area contributed by atoms with Crippen LogP contribution >= 0.6 is 11.6 Å². The van der Waals surface area contributed by atoms with E-state index < -0.39 is 0 Å². The van der Waals surface area contributed by atoms with Crippen LogP contribution in [-0.2, 0) is 6.61 Å². The maximum Gasteiger partial charge on any atom is 0.162 e. The zero-order valence-corrected chi connectivity index (χ0v) is 13.2. The van der Waals surface area contributed by atoms with E-state index in [1.807, 2.05) is 30.3 Å². The molecule has 23 heavy (non-hydrogen) atoms. The summed E-state index contributed by atoms with van der Waals surface area (Å²) in [5, 5.41) is 18.3. The molecule has 0 unspecified atom stereocenters. The van der Waals surface area contributed by atoms with Gasteiger partial charge in [0, 0.05) is 5.02 Å². The number of nitriles is 2. The number of allylic oxidation sites excluding steroid dienone is 1. The topological polar surface area (TPSA) is 66.0 Å². The van der Waals surface area contributed by atoms with Crippen molar-refractivity contribution < 1.29 is 9.47 Å². The van der Waals surface area contributed by atoms with Crippen LogP contribution in [0.5, 0.6) is 11.5 Å². The van der Waals surface area contributed by atoms with Gasteiger partial charge in [0.2, 0.25) is 0 Å². The highest BCUT2D eigenvalue weighted by molar-refractivity contribution is 6.30. The van der Waals surface area contributed by atoms with Gasteiger partial charge in [0.1, 0.15) is 24.3 Å². The highest BCUT2D eigenvalue weighted by atomic mass is 35.5. The van der Waals surface area contributed by atoms with Crippen molar-refractivity contribution in [2.24, 2.45) is 0 Å². The smallest absolute Gasteiger partial charge is 0.162 e. The maximum absolute atomic E-state index is 8.83. The number of ether oxygens (including phenoxy) is 2. The van der Waals surface area contributed by atoms with Crippen molar-refractivity contribution in [3.63, 3.8) is 0 Å².